The van der Waals surface area contributed by atoms with E-state index in [1.807, 2.05) is 0 Å². The number of nitro groups is 1. The average Bonchev–Trinajstić information content (AvgIpc) is 3.20. The summed E-state index contributed by atoms with van der Waals surface area (Å²) in [5.41, 5.74) is 5.36. The van der Waals surface area contributed by atoms with Gasteiger partial charge in [0.15, 0.2) is 4.90 Å². The molecule has 1 atom stereocenters. The predicted octanol–water partition coefficient (Wildman–Crippen LogP) is 1.37. The molecule has 0 amide bonds. The summed E-state index contributed by atoms with van der Waals surface area (Å²) in [6, 6.07) is 3.53. The maximum atomic E-state index is 12.2. The Kier molecular flexibility index (Phi) is 4.43. The molecule has 1 saturated carbocycles. The molecular weight excluding hydrogens is 350 g/mol. The van der Waals surface area contributed by atoms with Crippen molar-refractivity contribution >= 4 is 31.6 Å². The van der Waals surface area contributed by atoms with Crippen molar-refractivity contribution in [3.63, 3.8) is 0 Å². The lowest BCUT2D eigenvalue weighted by atomic mass is 10.2. The molecule has 1 aromatic rings. The zero-order valence-electron chi connectivity index (χ0n) is 10.5. The largest absolute Gasteiger partial charge is 0.326 e. The molecule has 0 bridgehead atoms. The third kappa shape index (κ3) is 3.54. The standard InChI is InChI=1S/C11H14BrN3O4S/c12-8-3-4-10(15(16)17)11(5-8)20(18,19)14-6-9(13)7-1-2-7/h3-5,7,9,14H,1-2,6,13H2. The summed E-state index contributed by atoms with van der Waals surface area (Å²) >= 11 is 3.11. The number of nitrogens with one attached hydrogen (secondary N) is 1. The Labute approximate surface area is 124 Å². The van der Waals surface area contributed by atoms with Gasteiger partial charge in [0, 0.05) is 23.1 Å². The monoisotopic (exact) mass is 363 g/mol. The van der Waals surface area contributed by atoms with Crippen LogP contribution in [0.25, 0.3) is 0 Å². The van der Waals surface area contributed by atoms with E-state index in [-0.39, 0.29) is 17.5 Å². The van der Waals surface area contributed by atoms with Crippen molar-refractivity contribution in [2.24, 2.45) is 11.7 Å². The first-order valence-corrected chi connectivity index (χ1v) is 8.28. The first kappa shape index (κ1) is 15.4. The highest BCUT2D eigenvalue weighted by Gasteiger charge is 2.31. The molecule has 7 nitrogen and oxygen atoms in total. The highest BCUT2D eigenvalue weighted by Crippen LogP contribution is 2.32. The van der Waals surface area contributed by atoms with Crippen LogP contribution in [0.15, 0.2) is 27.6 Å². The van der Waals surface area contributed by atoms with E-state index in [9.17, 15) is 18.5 Å². The molecule has 1 aliphatic rings. The molecule has 0 saturated heterocycles. The third-order valence-corrected chi connectivity index (χ3v) is 5.09. The molecule has 1 aliphatic carbocycles. The number of nitrogens with two attached hydrogens (primary N) is 1. The lowest BCUT2D eigenvalue weighted by molar-refractivity contribution is -0.387. The van der Waals surface area contributed by atoms with Crippen LogP contribution in [0.1, 0.15) is 12.8 Å². The molecule has 1 aromatic carbocycles. The maximum Gasteiger partial charge on any atom is 0.289 e. The van der Waals surface area contributed by atoms with Gasteiger partial charge in [0.2, 0.25) is 10.0 Å². The van der Waals surface area contributed by atoms with Gasteiger partial charge in [0.25, 0.3) is 5.69 Å². The second-order valence-electron chi connectivity index (χ2n) is 4.72. The van der Waals surface area contributed by atoms with Crippen molar-refractivity contribution in [3.05, 3.63) is 32.8 Å². The van der Waals surface area contributed by atoms with Crippen LogP contribution in [0.3, 0.4) is 0 Å². The minimum atomic E-state index is -3.96. The zero-order valence-corrected chi connectivity index (χ0v) is 12.9. The van der Waals surface area contributed by atoms with E-state index in [1.54, 1.807) is 0 Å². The summed E-state index contributed by atoms with van der Waals surface area (Å²) in [7, 11) is -3.96. The number of hydrogen-bond acceptors (Lipinski definition) is 5. The Balaban J connectivity index is 2.23. The Bertz CT molecular complexity index is 631. The number of halogens is 1. The van der Waals surface area contributed by atoms with Crippen molar-refractivity contribution in [2.45, 2.75) is 23.8 Å². The van der Waals surface area contributed by atoms with Gasteiger partial charge in [0.05, 0.1) is 4.92 Å². The maximum absolute atomic E-state index is 12.2. The van der Waals surface area contributed by atoms with Crippen LogP contribution in [-0.4, -0.2) is 25.9 Å². The fourth-order valence-corrected chi connectivity index (χ4v) is 3.61. The van der Waals surface area contributed by atoms with Gasteiger partial charge >= 0.3 is 0 Å². The molecule has 0 aliphatic heterocycles. The molecule has 3 N–H and O–H groups in total. The fourth-order valence-electron chi connectivity index (χ4n) is 1.83. The number of sulfonamides is 1. The molecule has 1 unspecified atom stereocenters. The van der Waals surface area contributed by atoms with E-state index in [0.29, 0.717) is 10.4 Å². The molecule has 2 rings (SSSR count). The molecule has 0 heterocycles. The van der Waals surface area contributed by atoms with Gasteiger partial charge in [-0.15, -0.1) is 0 Å². The van der Waals surface area contributed by atoms with Gasteiger partial charge in [-0.05, 0) is 30.9 Å². The van der Waals surface area contributed by atoms with Crippen molar-refractivity contribution in [1.82, 2.24) is 4.72 Å². The van der Waals surface area contributed by atoms with E-state index in [2.05, 4.69) is 20.7 Å². The number of benzene rings is 1. The Morgan fingerprint density at radius 1 is 1.50 bits per heavy atom. The molecule has 1 fully saturated rings. The lowest BCUT2D eigenvalue weighted by Crippen LogP contribution is -2.38. The summed E-state index contributed by atoms with van der Waals surface area (Å²) in [6.45, 7) is 0.0800. The van der Waals surface area contributed by atoms with E-state index >= 15 is 0 Å². The smallest absolute Gasteiger partial charge is 0.289 e. The first-order chi connectivity index (χ1) is 9.31. The lowest BCUT2D eigenvalue weighted by Gasteiger charge is -2.12. The topological polar surface area (TPSA) is 115 Å². The van der Waals surface area contributed by atoms with E-state index in [1.165, 1.54) is 12.1 Å². The van der Waals surface area contributed by atoms with Gasteiger partial charge in [0.1, 0.15) is 0 Å². The molecule has 0 spiro atoms. The van der Waals surface area contributed by atoms with Gasteiger partial charge in [-0.1, -0.05) is 15.9 Å². The quantitative estimate of drug-likeness (QED) is 0.584. The third-order valence-electron chi connectivity index (χ3n) is 3.14. The van der Waals surface area contributed by atoms with Gasteiger partial charge in [-0.25, -0.2) is 13.1 Å². The van der Waals surface area contributed by atoms with Gasteiger partial charge < -0.3 is 5.73 Å². The zero-order chi connectivity index (χ0) is 14.9. The van der Waals surface area contributed by atoms with Crippen LogP contribution < -0.4 is 10.5 Å². The first-order valence-electron chi connectivity index (χ1n) is 6.00. The average molecular weight is 364 g/mol. The van der Waals surface area contributed by atoms with Crippen LogP contribution in [0.2, 0.25) is 0 Å². The number of rotatable bonds is 6. The molecule has 110 valence electrons. The van der Waals surface area contributed by atoms with E-state index < -0.39 is 20.6 Å². The highest BCUT2D eigenvalue weighted by molar-refractivity contribution is 9.10. The fraction of sp³-hybridized carbons (Fsp3) is 0.455. The Morgan fingerprint density at radius 3 is 2.70 bits per heavy atom. The Morgan fingerprint density at radius 2 is 2.15 bits per heavy atom. The highest BCUT2D eigenvalue weighted by atomic mass is 79.9. The van der Waals surface area contributed by atoms with Crippen LogP contribution in [0.4, 0.5) is 5.69 Å². The van der Waals surface area contributed by atoms with Crippen molar-refractivity contribution in [3.8, 4) is 0 Å². The van der Waals surface area contributed by atoms with Crippen LogP contribution in [-0.2, 0) is 10.0 Å². The summed E-state index contributed by atoms with van der Waals surface area (Å²) in [5.74, 6) is 0.343. The second-order valence-corrected chi connectivity index (χ2v) is 7.37. The normalized spacial score (nSPS) is 16.9. The van der Waals surface area contributed by atoms with Crippen LogP contribution in [0.5, 0.6) is 0 Å². The molecule has 20 heavy (non-hydrogen) atoms. The number of nitrogens with zero attached hydrogens (tertiary/aromatic N) is 1. The number of nitro benzene ring substituents is 1. The van der Waals surface area contributed by atoms with E-state index in [4.69, 9.17) is 5.73 Å². The Hall–Kier alpha value is -1.03. The summed E-state index contributed by atoms with van der Waals surface area (Å²) in [6.07, 6.45) is 2.00. The minimum Gasteiger partial charge on any atom is -0.326 e. The number of hydrogen-bond donors (Lipinski definition) is 2. The minimum absolute atomic E-state index is 0.0800. The molecule has 0 aromatic heterocycles. The molecule has 9 heteroatoms. The van der Waals surface area contributed by atoms with Crippen molar-refractivity contribution in [2.75, 3.05) is 6.54 Å². The van der Waals surface area contributed by atoms with Gasteiger partial charge in [-0.3, -0.25) is 10.1 Å². The predicted molar refractivity (Wildman–Crippen MR) is 76.7 cm³/mol. The summed E-state index contributed by atoms with van der Waals surface area (Å²) < 4.78 is 27.1. The summed E-state index contributed by atoms with van der Waals surface area (Å²) in [5, 5.41) is 10.9. The SMILES string of the molecule is NC(CNS(=O)(=O)c1cc(Br)ccc1[N+](=O)[O-])C1CC1. The van der Waals surface area contributed by atoms with E-state index in [0.717, 1.165) is 18.9 Å². The van der Waals surface area contributed by atoms with Crippen LogP contribution in [0, 0.1) is 16.0 Å². The second kappa shape index (κ2) is 5.76. The van der Waals surface area contributed by atoms with Crippen molar-refractivity contribution < 1.29 is 13.3 Å². The van der Waals surface area contributed by atoms with Gasteiger partial charge in [-0.2, -0.15) is 0 Å². The molecule has 0 radical (unpaired) electrons. The summed E-state index contributed by atoms with van der Waals surface area (Å²) in [4.78, 5) is 9.83. The molecular formula is C11H14BrN3O4S. The van der Waals surface area contributed by atoms with Crippen LogP contribution >= 0.6 is 15.9 Å². The van der Waals surface area contributed by atoms with Crippen molar-refractivity contribution in [1.29, 1.82) is 0 Å².